The molecule has 2 aliphatic carbocycles. The van der Waals surface area contributed by atoms with E-state index in [1.54, 1.807) is 12.1 Å². The number of aromatic nitrogens is 1. The fourth-order valence-corrected chi connectivity index (χ4v) is 5.84. The number of carbonyl (C=O) groups is 1. The normalized spacial score (nSPS) is 28.0. The minimum Gasteiger partial charge on any atom is -0.299 e. The Bertz CT molecular complexity index is 1120. The predicted molar refractivity (Wildman–Crippen MR) is 118 cm³/mol. The summed E-state index contributed by atoms with van der Waals surface area (Å²) in [6, 6.07) is 14.5. The van der Waals surface area contributed by atoms with Crippen molar-refractivity contribution in [1.29, 1.82) is 0 Å². The molecule has 2 nitrogen and oxygen atoms in total. The second-order valence-electron chi connectivity index (χ2n) is 9.35. The van der Waals surface area contributed by atoms with Crippen LogP contribution in [-0.4, -0.2) is 10.8 Å². The molecule has 0 aliphatic heterocycles. The van der Waals surface area contributed by atoms with E-state index in [1.165, 1.54) is 11.6 Å². The standard InChI is InChI=1S/C26H25ClFNO/c1-25(24(30)14-17-2-4-19(27)5-3-17)16-26(25)11-8-18(9-12-26)21-10-13-29-23-7-6-20(28)15-22(21)23/h2-7,10,13,15,18H,8-9,11-12,14,16H2,1H3. The average molecular weight is 422 g/mol. The van der Waals surface area contributed by atoms with E-state index in [4.69, 9.17) is 11.6 Å². The van der Waals surface area contributed by atoms with Gasteiger partial charge in [-0.05, 0) is 91.0 Å². The lowest BCUT2D eigenvalue weighted by Crippen LogP contribution is -2.26. The van der Waals surface area contributed by atoms with Crippen LogP contribution in [0.5, 0.6) is 0 Å². The third kappa shape index (κ3) is 3.24. The van der Waals surface area contributed by atoms with E-state index in [0.29, 0.717) is 23.1 Å². The molecule has 2 aliphatic rings. The SMILES string of the molecule is CC1(C(=O)Cc2ccc(Cl)cc2)CC12CCC(c1ccnc3ccc(F)cc13)CC2. The molecule has 154 valence electrons. The average Bonchev–Trinajstić information content (AvgIpc) is 3.34. The molecule has 1 aromatic heterocycles. The molecule has 0 bridgehead atoms. The lowest BCUT2D eigenvalue weighted by molar-refractivity contribution is -0.124. The lowest BCUT2D eigenvalue weighted by atomic mass is 9.72. The van der Waals surface area contributed by atoms with Crippen LogP contribution in [0, 0.1) is 16.6 Å². The van der Waals surface area contributed by atoms with Crippen molar-refractivity contribution in [1.82, 2.24) is 4.98 Å². The Labute approximate surface area is 181 Å². The number of carbonyl (C=O) groups excluding carboxylic acids is 1. The van der Waals surface area contributed by atoms with Gasteiger partial charge >= 0.3 is 0 Å². The molecule has 0 saturated heterocycles. The van der Waals surface area contributed by atoms with Crippen molar-refractivity contribution in [2.24, 2.45) is 10.8 Å². The van der Waals surface area contributed by atoms with Gasteiger partial charge < -0.3 is 0 Å². The molecule has 0 radical (unpaired) electrons. The zero-order chi connectivity index (χ0) is 20.9. The highest BCUT2D eigenvalue weighted by Gasteiger charge is 2.67. The molecule has 3 aromatic rings. The highest BCUT2D eigenvalue weighted by atomic mass is 35.5. The Hall–Kier alpha value is -2.26. The van der Waals surface area contributed by atoms with Crippen LogP contribution in [0.3, 0.4) is 0 Å². The van der Waals surface area contributed by atoms with Crippen LogP contribution in [0.1, 0.15) is 56.1 Å². The first-order valence-electron chi connectivity index (χ1n) is 10.7. The van der Waals surface area contributed by atoms with E-state index in [2.05, 4.69) is 11.9 Å². The van der Waals surface area contributed by atoms with Crippen LogP contribution in [0.15, 0.2) is 54.7 Å². The fourth-order valence-electron chi connectivity index (χ4n) is 5.72. The van der Waals surface area contributed by atoms with Crippen LogP contribution in [0.4, 0.5) is 4.39 Å². The Morgan fingerprint density at radius 3 is 2.60 bits per heavy atom. The summed E-state index contributed by atoms with van der Waals surface area (Å²) in [7, 11) is 0. The van der Waals surface area contributed by atoms with Gasteiger partial charge in [0, 0.05) is 28.4 Å². The largest absolute Gasteiger partial charge is 0.299 e. The monoisotopic (exact) mass is 421 g/mol. The van der Waals surface area contributed by atoms with Gasteiger partial charge in [-0.2, -0.15) is 0 Å². The van der Waals surface area contributed by atoms with Crippen molar-refractivity contribution in [3.8, 4) is 0 Å². The smallest absolute Gasteiger partial charge is 0.143 e. The molecule has 1 heterocycles. The first-order chi connectivity index (χ1) is 14.4. The summed E-state index contributed by atoms with van der Waals surface area (Å²) in [5, 5.41) is 1.62. The summed E-state index contributed by atoms with van der Waals surface area (Å²) in [5.74, 6) is 0.533. The van der Waals surface area contributed by atoms with Gasteiger partial charge in [0.25, 0.3) is 0 Å². The summed E-state index contributed by atoms with van der Waals surface area (Å²) in [6.07, 6.45) is 7.49. The number of fused-ring (bicyclic) bond motifs is 1. The predicted octanol–water partition coefficient (Wildman–Crippen LogP) is 6.89. The molecule has 2 fully saturated rings. The van der Waals surface area contributed by atoms with Gasteiger partial charge in [-0.25, -0.2) is 4.39 Å². The van der Waals surface area contributed by atoms with Crippen LogP contribution in [0.25, 0.3) is 10.9 Å². The number of benzene rings is 2. The number of nitrogens with zero attached hydrogens (tertiary/aromatic N) is 1. The van der Waals surface area contributed by atoms with Crippen molar-refractivity contribution in [2.75, 3.05) is 0 Å². The summed E-state index contributed by atoms with van der Waals surface area (Å²) in [5.41, 5.74) is 3.00. The minimum atomic E-state index is -0.218. The highest BCUT2D eigenvalue weighted by Crippen LogP contribution is 2.72. The number of rotatable bonds is 4. The Morgan fingerprint density at radius 1 is 1.13 bits per heavy atom. The van der Waals surface area contributed by atoms with E-state index in [-0.39, 0.29) is 16.6 Å². The zero-order valence-corrected chi connectivity index (χ0v) is 17.9. The number of Topliss-reactive ketones (excluding diaryl/α,β-unsaturated/α-hetero) is 1. The minimum absolute atomic E-state index is 0.140. The van der Waals surface area contributed by atoms with E-state index < -0.39 is 0 Å². The van der Waals surface area contributed by atoms with Gasteiger partial charge in [-0.3, -0.25) is 9.78 Å². The van der Waals surface area contributed by atoms with Crippen LogP contribution in [-0.2, 0) is 11.2 Å². The number of hydrogen-bond acceptors (Lipinski definition) is 2. The number of pyridine rings is 1. The molecular weight excluding hydrogens is 397 g/mol. The van der Waals surface area contributed by atoms with Crippen molar-refractivity contribution in [2.45, 2.75) is 51.4 Å². The molecule has 30 heavy (non-hydrogen) atoms. The quantitative estimate of drug-likeness (QED) is 0.459. The molecular formula is C26H25ClFNO. The summed E-state index contributed by atoms with van der Waals surface area (Å²) >= 11 is 5.97. The highest BCUT2D eigenvalue weighted by molar-refractivity contribution is 6.30. The molecule has 2 saturated carbocycles. The van der Waals surface area contributed by atoms with Crippen molar-refractivity contribution in [3.05, 3.63) is 76.7 Å². The first kappa shape index (κ1) is 19.7. The molecule has 1 atom stereocenters. The van der Waals surface area contributed by atoms with E-state index in [9.17, 15) is 9.18 Å². The Morgan fingerprint density at radius 2 is 1.87 bits per heavy atom. The van der Waals surface area contributed by atoms with Crippen LogP contribution < -0.4 is 0 Å². The third-order valence-electron chi connectivity index (χ3n) is 7.75. The summed E-state index contributed by atoms with van der Waals surface area (Å²) in [4.78, 5) is 17.5. The van der Waals surface area contributed by atoms with Crippen LogP contribution in [0.2, 0.25) is 5.02 Å². The molecule has 2 aromatic carbocycles. The first-order valence-corrected chi connectivity index (χ1v) is 11.1. The van der Waals surface area contributed by atoms with Crippen LogP contribution >= 0.6 is 11.6 Å². The Kier molecular flexibility index (Phi) is 4.70. The van der Waals surface area contributed by atoms with Gasteiger partial charge in [0.2, 0.25) is 0 Å². The third-order valence-corrected chi connectivity index (χ3v) is 8.00. The molecule has 0 amide bonds. The molecule has 5 rings (SSSR count). The fraction of sp³-hybridized carbons (Fsp3) is 0.385. The topological polar surface area (TPSA) is 30.0 Å². The van der Waals surface area contributed by atoms with Gasteiger partial charge in [0.05, 0.1) is 5.52 Å². The van der Waals surface area contributed by atoms with E-state index in [1.807, 2.05) is 36.5 Å². The lowest BCUT2D eigenvalue weighted by Gasteiger charge is -2.32. The Balaban J connectivity index is 1.30. The molecule has 4 heteroatoms. The number of ketones is 1. The maximum absolute atomic E-state index is 13.8. The molecule has 0 N–H and O–H groups in total. The number of hydrogen-bond donors (Lipinski definition) is 0. The van der Waals surface area contributed by atoms with E-state index >= 15 is 0 Å². The van der Waals surface area contributed by atoms with Gasteiger partial charge in [-0.15, -0.1) is 0 Å². The maximum atomic E-state index is 13.8. The second kappa shape index (κ2) is 7.16. The van der Waals surface area contributed by atoms with E-state index in [0.717, 1.165) is 48.6 Å². The zero-order valence-electron chi connectivity index (χ0n) is 17.1. The second-order valence-corrected chi connectivity index (χ2v) is 9.79. The number of halogens is 2. The molecule has 1 spiro atoms. The van der Waals surface area contributed by atoms with Crippen molar-refractivity contribution in [3.63, 3.8) is 0 Å². The maximum Gasteiger partial charge on any atom is 0.143 e. The van der Waals surface area contributed by atoms with Crippen molar-refractivity contribution >= 4 is 28.3 Å². The van der Waals surface area contributed by atoms with Crippen molar-refractivity contribution < 1.29 is 9.18 Å². The summed E-state index contributed by atoms with van der Waals surface area (Å²) in [6.45, 7) is 2.16. The van der Waals surface area contributed by atoms with Gasteiger partial charge in [0.1, 0.15) is 11.6 Å². The molecule has 1 unspecified atom stereocenters. The van der Waals surface area contributed by atoms with Gasteiger partial charge in [0.15, 0.2) is 0 Å². The van der Waals surface area contributed by atoms with Gasteiger partial charge in [-0.1, -0.05) is 30.7 Å². The summed E-state index contributed by atoms with van der Waals surface area (Å²) < 4.78 is 13.8.